The van der Waals surface area contributed by atoms with E-state index in [1.54, 1.807) is 5.69 Å². The third-order valence-electron chi connectivity index (χ3n) is 6.69. The van der Waals surface area contributed by atoms with E-state index in [9.17, 15) is 0 Å². The van der Waals surface area contributed by atoms with Crippen LogP contribution in [0.4, 0.5) is 0 Å². The van der Waals surface area contributed by atoms with Crippen LogP contribution < -0.4 is 5.73 Å². The molecule has 0 aliphatic heterocycles. The summed E-state index contributed by atoms with van der Waals surface area (Å²) in [6.45, 7) is 0.628. The lowest BCUT2D eigenvalue weighted by Gasteiger charge is -2.54. The molecule has 0 radical (unpaired) electrons. The first-order valence-electron chi connectivity index (χ1n) is 8.62. The van der Waals surface area contributed by atoms with E-state index in [1.165, 1.54) is 62.6 Å². The zero-order valence-corrected chi connectivity index (χ0v) is 12.2. The number of hydrogen-bond acceptors (Lipinski definition) is 2. The maximum Gasteiger partial charge on any atom is 0.0795 e. The van der Waals surface area contributed by atoms with E-state index < -0.39 is 0 Å². The van der Waals surface area contributed by atoms with E-state index >= 15 is 0 Å². The van der Waals surface area contributed by atoms with Gasteiger partial charge in [-0.2, -0.15) is 5.10 Å². The number of rotatable bonds is 2. The maximum atomic E-state index is 5.93. The van der Waals surface area contributed by atoms with Gasteiger partial charge in [0.05, 0.1) is 11.7 Å². The summed E-state index contributed by atoms with van der Waals surface area (Å²) < 4.78 is 2.48. The standard InChI is InChI=1S/C17H25N3/c18-9-15-14-2-1-3-16(14)20(19-15)17-12-5-10-4-11(7-12)8-13(17)6-10/h10-13,17H,1-9,18H2. The van der Waals surface area contributed by atoms with E-state index in [2.05, 4.69) is 4.68 Å². The van der Waals surface area contributed by atoms with Gasteiger partial charge in [0.25, 0.3) is 0 Å². The van der Waals surface area contributed by atoms with Crippen LogP contribution in [0.3, 0.4) is 0 Å². The summed E-state index contributed by atoms with van der Waals surface area (Å²) in [5.41, 5.74) is 10.2. The highest BCUT2D eigenvalue weighted by atomic mass is 15.3. The Hall–Kier alpha value is -0.830. The Morgan fingerprint density at radius 2 is 1.70 bits per heavy atom. The molecule has 5 aliphatic rings. The van der Waals surface area contributed by atoms with Gasteiger partial charge < -0.3 is 5.73 Å². The van der Waals surface area contributed by atoms with Crippen LogP contribution in [-0.2, 0) is 19.4 Å². The Kier molecular flexibility index (Phi) is 2.41. The number of hydrogen-bond donors (Lipinski definition) is 1. The van der Waals surface area contributed by atoms with Gasteiger partial charge in [-0.15, -0.1) is 0 Å². The molecule has 4 fully saturated rings. The first-order chi connectivity index (χ1) is 9.83. The van der Waals surface area contributed by atoms with E-state index in [-0.39, 0.29) is 0 Å². The number of aromatic nitrogens is 2. The number of nitrogens with zero attached hydrogens (tertiary/aromatic N) is 2. The van der Waals surface area contributed by atoms with Crippen LogP contribution in [0.15, 0.2) is 0 Å². The molecule has 108 valence electrons. The Labute approximate surface area is 120 Å². The Balaban J connectivity index is 1.57. The van der Waals surface area contributed by atoms with Gasteiger partial charge in [-0.1, -0.05) is 0 Å². The van der Waals surface area contributed by atoms with Crippen LogP contribution in [0, 0.1) is 23.7 Å². The summed E-state index contributed by atoms with van der Waals surface area (Å²) in [7, 11) is 0. The van der Waals surface area contributed by atoms with Gasteiger partial charge in [-0.3, -0.25) is 4.68 Å². The first-order valence-corrected chi connectivity index (χ1v) is 8.62. The molecule has 4 bridgehead atoms. The smallest absolute Gasteiger partial charge is 0.0795 e. The van der Waals surface area contributed by atoms with E-state index in [0.29, 0.717) is 6.54 Å². The van der Waals surface area contributed by atoms with Gasteiger partial charge in [0.1, 0.15) is 0 Å². The van der Waals surface area contributed by atoms with Gasteiger partial charge in [0.2, 0.25) is 0 Å². The first kappa shape index (κ1) is 11.8. The van der Waals surface area contributed by atoms with Crippen molar-refractivity contribution in [3.05, 3.63) is 17.0 Å². The summed E-state index contributed by atoms with van der Waals surface area (Å²) >= 11 is 0. The molecule has 1 aromatic heterocycles. The van der Waals surface area contributed by atoms with Crippen molar-refractivity contribution >= 4 is 0 Å². The van der Waals surface area contributed by atoms with Gasteiger partial charge >= 0.3 is 0 Å². The molecule has 0 spiro atoms. The minimum Gasteiger partial charge on any atom is -0.325 e. The second-order valence-corrected chi connectivity index (χ2v) is 7.80. The molecule has 5 aliphatic carbocycles. The van der Waals surface area contributed by atoms with Crippen molar-refractivity contribution in [2.24, 2.45) is 29.4 Å². The fourth-order valence-corrected chi connectivity index (χ4v) is 6.25. The summed E-state index contributed by atoms with van der Waals surface area (Å²) in [5.74, 6) is 3.93. The monoisotopic (exact) mass is 271 g/mol. The maximum absolute atomic E-state index is 5.93. The lowest BCUT2D eigenvalue weighted by atomic mass is 9.54. The van der Waals surface area contributed by atoms with Crippen molar-refractivity contribution in [2.75, 3.05) is 0 Å². The number of nitrogens with two attached hydrogens (primary N) is 1. The van der Waals surface area contributed by atoms with Gasteiger partial charge in [0, 0.05) is 12.2 Å². The highest BCUT2D eigenvalue weighted by Gasteiger charge is 2.50. The predicted molar refractivity (Wildman–Crippen MR) is 78.2 cm³/mol. The van der Waals surface area contributed by atoms with Crippen LogP contribution in [0.25, 0.3) is 0 Å². The Morgan fingerprint density at radius 3 is 2.35 bits per heavy atom. The molecule has 6 rings (SSSR count). The molecule has 0 saturated heterocycles. The molecule has 0 unspecified atom stereocenters. The predicted octanol–water partition coefficient (Wildman–Crippen LogP) is 2.83. The molecule has 0 atom stereocenters. The highest BCUT2D eigenvalue weighted by Crippen LogP contribution is 2.58. The van der Waals surface area contributed by atoms with Crippen LogP contribution in [0.1, 0.15) is 61.5 Å². The van der Waals surface area contributed by atoms with Crippen LogP contribution in [-0.4, -0.2) is 9.78 Å². The second-order valence-electron chi connectivity index (χ2n) is 7.80. The van der Waals surface area contributed by atoms with Crippen molar-refractivity contribution in [1.29, 1.82) is 0 Å². The Morgan fingerprint density at radius 1 is 1.00 bits per heavy atom. The SMILES string of the molecule is NCc1nn(C2C3CC4CC(C3)CC2C4)c2c1CCC2. The fourth-order valence-electron chi connectivity index (χ4n) is 6.25. The lowest BCUT2D eigenvalue weighted by molar-refractivity contribution is -0.0347. The molecule has 3 nitrogen and oxygen atoms in total. The molecule has 0 aromatic carbocycles. The van der Waals surface area contributed by atoms with Crippen molar-refractivity contribution in [1.82, 2.24) is 9.78 Å². The summed E-state index contributed by atoms with van der Waals surface area (Å²) in [6, 6.07) is 0.718. The third kappa shape index (κ3) is 1.47. The van der Waals surface area contributed by atoms with Gasteiger partial charge in [-0.05, 0) is 80.6 Å². The van der Waals surface area contributed by atoms with Crippen molar-refractivity contribution in [2.45, 2.75) is 64.0 Å². The minimum atomic E-state index is 0.628. The summed E-state index contributed by atoms with van der Waals surface area (Å²) in [6.07, 6.45) is 11.2. The van der Waals surface area contributed by atoms with Crippen LogP contribution in [0.2, 0.25) is 0 Å². The fraction of sp³-hybridized carbons (Fsp3) is 0.824. The average molecular weight is 271 g/mol. The van der Waals surface area contributed by atoms with Gasteiger partial charge in [0.15, 0.2) is 0 Å². The topological polar surface area (TPSA) is 43.8 Å². The number of fused-ring (bicyclic) bond motifs is 1. The van der Waals surface area contributed by atoms with Crippen molar-refractivity contribution < 1.29 is 0 Å². The largest absolute Gasteiger partial charge is 0.325 e. The Bertz CT molecular complexity index is 517. The lowest BCUT2D eigenvalue weighted by Crippen LogP contribution is -2.46. The molecular weight excluding hydrogens is 246 g/mol. The average Bonchev–Trinajstić information content (AvgIpc) is 3.00. The van der Waals surface area contributed by atoms with E-state index in [1.807, 2.05) is 0 Å². The molecular formula is C17H25N3. The van der Waals surface area contributed by atoms with Crippen LogP contribution in [0.5, 0.6) is 0 Å². The molecule has 2 N–H and O–H groups in total. The van der Waals surface area contributed by atoms with Crippen molar-refractivity contribution in [3.63, 3.8) is 0 Å². The quantitative estimate of drug-likeness (QED) is 0.899. The van der Waals surface area contributed by atoms with E-state index in [4.69, 9.17) is 10.8 Å². The molecule has 1 aromatic rings. The highest BCUT2D eigenvalue weighted by molar-refractivity contribution is 5.31. The van der Waals surface area contributed by atoms with Crippen molar-refractivity contribution in [3.8, 4) is 0 Å². The zero-order valence-electron chi connectivity index (χ0n) is 12.2. The normalized spacial score (nSPS) is 41.4. The van der Waals surface area contributed by atoms with Gasteiger partial charge in [-0.25, -0.2) is 0 Å². The molecule has 4 saturated carbocycles. The molecule has 1 heterocycles. The summed E-state index contributed by atoms with van der Waals surface area (Å²) in [5, 5.41) is 4.99. The van der Waals surface area contributed by atoms with E-state index in [0.717, 1.165) is 29.7 Å². The molecule has 0 amide bonds. The molecule has 20 heavy (non-hydrogen) atoms. The summed E-state index contributed by atoms with van der Waals surface area (Å²) in [4.78, 5) is 0. The zero-order chi connectivity index (χ0) is 13.3. The third-order valence-corrected chi connectivity index (χ3v) is 6.69. The second kappa shape index (κ2) is 4.09. The molecule has 3 heteroatoms. The van der Waals surface area contributed by atoms with Crippen LogP contribution >= 0.6 is 0 Å². The minimum absolute atomic E-state index is 0.628.